The van der Waals surface area contributed by atoms with Gasteiger partial charge in [-0.3, -0.25) is 9.59 Å². The molecular weight excluding hydrogens is 368 g/mol. The molecule has 0 spiro atoms. The van der Waals surface area contributed by atoms with Crippen molar-refractivity contribution in [2.24, 2.45) is 0 Å². The van der Waals surface area contributed by atoms with Crippen molar-refractivity contribution < 1.29 is 19.1 Å². The first kappa shape index (κ1) is 19.9. The number of ether oxygens (including phenoxy) is 2. The van der Waals surface area contributed by atoms with Crippen LogP contribution in [0.1, 0.15) is 15.9 Å². The van der Waals surface area contributed by atoms with E-state index in [9.17, 15) is 9.59 Å². The van der Waals surface area contributed by atoms with Crippen molar-refractivity contribution in [2.45, 2.75) is 6.92 Å². The Labute approximate surface area is 169 Å². The van der Waals surface area contributed by atoms with Crippen LogP contribution in [0.25, 0.3) is 0 Å². The Bertz CT molecular complexity index is 1000. The van der Waals surface area contributed by atoms with Gasteiger partial charge in [0.2, 0.25) is 0 Å². The lowest BCUT2D eigenvalue weighted by molar-refractivity contribution is -0.118. The van der Waals surface area contributed by atoms with Gasteiger partial charge in [0.15, 0.2) is 6.61 Å². The molecule has 6 heteroatoms. The number of benzene rings is 3. The van der Waals surface area contributed by atoms with Gasteiger partial charge in [-0.15, -0.1) is 0 Å². The number of hydrogen-bond donors (Lipinski definition) is 2. The first-order valence-corrected chi connectivity index (χ1v) is 9.08. The van der Waals surface area contributed by atoms with Gasteiger partial charge in [-0.05, 0) is 61.0 Å². The van der Waals surface area contributed by atoms with E-state index in [4.69, 9.17) is 9.47 Å². The first-order valence-electron chi connectivity index (χ1n) is 9.08. The largest absolute Gasteiger partial charge is 0.497 e. The number of amides is 2. The van der Waals surface area contributed by atoms with Crippen LogP contribution in [0.5, 0.6) is 11.5 Å². The van der Waals surface area contributed by atoms with Gasteiger partial charge in [-0.1, -0.05) is 18.2 Å². The zero-order valence-electron chi connectivity index (χ0n) is 16.3. The lowest BCUT2D eigenvalue weighted by Crippen LogP contribution is -2.20. The van der Waals surface area contributed by atoms with E-state index < -0.39 is 0 Å². The molecule has 0 radical (unpaired) electrons. The minimum absolute atomic E-state index is 0.147. The Morgan fingerprint density at radius 3 is 2.21 bits per heavy atom. The maximum absolute atomic E-state index is 12.3. The molecule has 0 saturated heterocycles. The molecule has 0 aliphatic rings. The normalized spacial score (nSPS) is 10.1. The fraction of sp³-hybridized carbons (Fsp3) is 0.130. The summed E-state index contributed by atoms with van der Waals surface area (Å²) in [5.41, 5.74) is 2.93. The minimum atomic E-state index is -0.292. The third kappa shape index (κ3) is 5.84. The smallest absolute Gasteiger partial charge is 0.262 e. The summed E-state index contributed by atoms with van der Waals surface area (Å²) < 4.78 is 10.6. The van der Waals surface area contributed by atoms with Crippen LogP contribution < -0.4 is 20.1 Å². The fourth-order valence-electron chi connectivity index (χ4n) is 2.68. The standard InChI is InChI=1S/C23H22N2O4/c1-16-5-3-6-18(13-16)25-23(27)17-9-11-20(12-10-17)29-15-22(26)24-19-7-4-8-21(14-19)28-2/h3-14H,15H2,1-2H3,(H,24,26)(H,25,27). The van der Waals surface area contributed by atoms with Crippen molar-refractivity contribution in [3.05, 3.63) is 83.9 Å². The molecule has 3 rings (SSSR count). The van der Waals surface area contributed by atoms with E-state index in [0.29, 0.717) is 22.7 Å². The predicted molar refractivity (Wildman–Crippen MR) is 113 cm³/mol. The molecule has 0 bridgehead atoms. The molecular formula is C23H22N2O4. The van der Waals surface area contributed by atoms with Gasteiger partial charge in [0.1, 0.15) is 11.5 Å². The highest BCUT2D eigenvalue weighted by Crippen LogP contribution is 2.17. The van der Waals surface area contributed by atoms with Crippen LogP contribution in [0.4, 0.5) is 11.4 Å². The molecule has 0 fully saturated rings. The lowest BCUT2D eigenvalue weighted by Gasteiger charge is -2.09. The SMILES string of the molecule is COc1cccc(NC(=O)COc2ccc(C(=O)Nc3cccc(C)c3)cc2)c1. The molecule has 0 aliphatic carbocycles. The van der Waals surface area contributed by atoms with E-state index in [1.54, 1.807) is 55.6 Å². The molecule has 29 heavy (non-hydrogen) atoms. The van der Waals surface area contributed by atoms with Crippen LogP contribution in [0, 0.1) is 6.92 Å². The van der Waals surface area contributed by atoms with Gasteiger partial charge in [0, 0.05) is 23.0 Å². The highest BCUT2D eigenvalue weighted by Gasteiger charge is 2.08. The summed E-state index contributed by atoms with van der Waals surface area (Å²) in [5.74, 6) is 0.651. The van der Waals surface area contributed by atoms with Crippen molar-refractivity contribution in [3.8, 4) is 11.5 Å². The van der Waals surface area contributed by atoms with E-state index >= 15 is 0 Å². The van der Waals surface area contributed by atoms with Gasteiger partial charge in [0.25, 0.3) is 11.8 Å². The summed E-state index contributed by atoms with van der Waals surface area (Å²) in [6.45, 7) is 1.82. The summed E-state index contributed by atoms with van der Waals surface area (Å²) in [7, 11) is 1.56. The second-order valence-electron chi connectivity index (χ2n) is 6.42. The Hall–Kier alpha value is -3.80. The lowest BCUT2D eigenvalue weighted by atomic mass is 10.2. The molecule has 2 N–H and O–H groups in total. The number of nitrogens with one attached hydrogen (secondary N) is 2. The molecule has 148 valence electrons. The molecule has 0 unspecified atom stereocenters. The summed E-state index contributed by atoms with van der Waals surface area (Å²) in [5, 5.41) is 5.59. The number of rotatable bonds is 7. The van der Waals surface area contributed by atoms with Crippen LogP contribution >= 0.6 is 0 Å². The van der Waals surface area contributed by atoms with Gasteiger partial charge in [-0.2, -0.15) is 0 Å². The van der Waals surface area contributed by atoms with Crippen LogP contribution in [-0.4, -0.2) is 25.5 Å². The van der Waals surface area contributed by atoms with Crippen molar-refractivity contribution in [1.29, 1.82) is 0 Å². The van der Waals surface area contributed by atoms with E-state index in [1.165, 1.54) is 0 Å². The molecule has 3 aromatic rings. The minimum Gasteiger partial charge on any atom is -0.497 e. The highest BCUT2D eigenvalue weighted by molar-refractivity contribution is 6.04. The van der Waals surface area contributed by atoms with Crippen LogP contribution in [0.3, 0.4) is 0 Å². The molecule has 6 nitrogen and oxygen atoms in total. The molecule has 3 aromatic carbocycles. The summed E-state index contributed by atoms with van der Waals surface area (Å²) in [6, 6.07) is 21.3. The number of aryl methyl sites for hydroxylation is 1. The maximum Gasteiger partial charge on any atom is 0.262 e. The number of hydrogen-bond acceptors (Lipinski definition) is 4. The average molecular weight is 390 g/mol. The van der Waals surface area contributed by atoms with Crippen LogP contribution in [-0.2, 0) is 4.79 Å². The number of anilines is 2. The van der Waals surface area contributed by atoms with Crippen LogP contribution in [0.2, 0.25) is 0 Å². The molecule has 0 atom stereocenters. The first-order chi connectivity index (χ1) is 14.0. The zero-order valence-corrected chi connectivity index (χ0v) is 16.3. The molecule has 0 aliphatic heterocycles. The zero-order chi connectivity index (χ0) is 20.6. The van der Waals surface area contributed by atoms with Crippen molar-refractivity contribution in [2.75, 3.05) is 24.4 Å². The van der Waals surface area contributed by atoms with Gasteiger partial charge < -0.3 is 20.1 Å². The van der Waals surface area contributed by atoms with Crippen molar-refractivity contribution in [3.63, 3.8) is 0 Å². The van der Waals surface area contributed by atoms with Crippen molar-refractivity contribution in [1.82, 2.24) is 0 Å². The second kappa shape index (κ2) is 9.41. The summed E-state index contributed by atoms with van der Waals surface area (Å²) in [6.07, 6.45) is 0. The fourth-order valence-corrected chi connectivity index (χ4v) is 2.68. The summed E-state index contributed by atoms with van der Waals surface area (Å²) in [4.78, 5) is 24.4. The third-order valence-electron chi connectivity index (χ3n) is 4.12. The molecule has 0 saturated carbocycles. The second-order valence-corrected chi connectivity index (χ2v) is 6.42. The highest BCUT2D eigenvalue weighted by atomic mass is 16.5. The third-order valence-corrected chi connectivity index (χ3v) is 4.12. The van der Waals surface area contributed by atoms with Gasteiger partial charge in [-0.25, -0.2) is 0 Å². The number of carbonyl (C=O) groups excluding carboxylic acids is 2. The van der Waals surface area contributed by atoms with E-state index in [0.717, 1.165) is 11.3 Å². The predicted octanol–water partition coefficient (Wildman–Crippen LogP) is 4.27. The van der Waals surface area contributed by atoms with Gasteiger partial charge >= 0.3 is 0 Å². The maximum atomic E-state index is 12.3. The Morgan fingerprint density at radius 1 is 0.828 bits per heavy atom. The monoisotopic (exact) mass is 390 g/mol. The molecule has 0 heterocycles. The number of methoxy groups -OCH3 is 1. The number of carbonyl (C=O) groups is 2. The summed E-state index contributed by atoms with van der Waals surface area (Å²) >= 11 is 0. The topological polar surface area (TPSA) is 76.7 Å². The van der Waals surface area contributed by atoms with E-state index in [-0.39, 0.29) is 18.4 Å². The Morgan fingerprint density at radius 2 is 1.52 bits per heavy atom. The molecule has 2 amide bonds. The Kier molecular flexibility index (Phi) is 6.47. The Balaban J connectivity index is 1.52. The van der Waals surface area contributed by atoms with Gasteiger partial charge in [0.05, 0.1) is 7.11 Å². The quantitative estimate of drug-likeness (QED) is 0.632. The average Bonchev–Trinajstić information content (AvgIpc) is 2.73. The van der Waals surface area contributed by atoms with E-state index in [1.807, 2.05) is 31.2 Å². The van der Waals surface area contributed by atoms with Crippen molar-refractivity contribution >= 4 is 23.2 Å². The molecule has 0 aromatic heterocycles. The van der Waals surface area contributed by atoms with Crippen LogP contribution in [0.15, 0.2) is 72.8 Å². The van der Waals surface area contributed by atoms with E-state index in [2.05, 4.69) is 10.6 Å².